The molecule has 3 rings (SSSR count). The molecular weight excluding hydrogens is 520 g/mol. The number of carbonyl (C=O) groups is 4. The number of methoxy groups -OCH3 is 1. The molecule has 0 spiro atoms. The molecule has 0 radical (unpaired) electrons. The number of ether oxygens (including phenoxy) is 8. The van der Waals surface area contributed by atoms with E-state index in [9.17, 15) is 24.3 Å². The Morgan fingerprint density at radius 2 is 1.44 bits per heavy atom. The molecule has 2 saturated heterocycles. The van der Waals surface area contributed by atoms with Gasteiger partial charge >= 0.3 is 23.9 Å². The third kappa shape index (κ3) is 8.19. The quantitative estimate of drug-likeness (QED) is 0.339. The first-order valence-electron chi connectivity index (χ1n) is 12.4. The largest absolute Gasteiger partial charge is 0.456 e. The van der Waals surface area contributed by atoms with Crippen LogP contribution in [0, 0.1) is 0 Å². The van der Waals surface area contributed by atoms with Crippen LogP contribution in [0.2, 0.25) is 0 Å². The first-order valence-corrected chi connectivity index (χ1v) is 12.4. The Kier molecular flexibility index (Phi) is 10.8. The number of hydrogen-bond donors (Lipinski definition) is 1. The van der Waals surface area contributed by atoms with E-state index in [-0.39, 0.29) is 13.0 Å². The van der Waals surface area contributed by atoms with Gasteiger partial charge in [-0.05, 0) is 19.1 Å². The van der Waals surface area contributed by atoms with Crippen LogP contribution in [0.15, 0.2) is 30.3 Å². The molecule has 2 aliphatic rings. The Morgan fingerprint density at radius 3 is 2.03 bits per heavy atom. The van der Waals surface area contributed by atoms with Gasteiger partial charge in [0.05, 0.1) is 18.3 Å². The van der Waals surface area contributed by atoms with Crippen molar-refractivity contribution in [3.8, 4) is 0 Å². The maximum atomic E-state index is 12.6. The van der Waals surface area contributed by atoms with Gasteiger partial charge in [0.25, 0.3) is 0 Å². The van der Waals surface area contributed by atoms with Crippen molar-refractivity contribution < 1.29 is 62.2 Å². The van der Waals surface area contributed by atoms with E-state index in [1.54, 1.807) is 37.3 Å². The zero-order valence-electron chi connectivity index (χ0n) is 22.3. The predicted molar refractivity (Wildman–Crippen MR) is 129 cm³/mol. The summed E-state index contributed by atoms with van der Waals surface area (Å²) in [4.78, 5) is 47.8. The molecule has 13 heteroatoms. The van der Waals surface area contributed by atoms with E-state index in [0.717, 1.165) is 20.8 Å². The van der Waals surface area contributed by atoms with Gasteiger partial charge in [-0.15, -0.1) is 0 Å². The lowest BCUT2D eigenvalue weighted by atomic mass is 9.98. The van der Waals surface area contributed by atoms with Crippen LogP contribution in [-0.4, -0.2) is 98.0 Å². The first kappa shape index (κ1) is 30.4. The Hall–Kier alpha value is -3.10. The second-order valence-electron chi connectivity index (χ2n) is 9.14. The fourth-order valence-corrected chi connectivity index (χ4v) is 4.48. The number of aliphatic hydroxyl groups excluding tert-OH is 1. The lowest BCUT2D eigenvalue weighted by Crippen LogP contribution is -2.62. The van der Waals surface area contributed by atoms with Gasteiger partial charge in [0, 0.05) is 34.3 Å². The molecule has 1 aromatic rings. The van der Waals surface area contributed by atoms with Crippen molar-refractivity contribution in [2.24, 2.45) is 0 Å². The third-order valence-electron chi connectivity index (χ3n) is 6.14. The molecule has 13 nitrogen and oxygen atoms in total. The van der Waals surface area contributed by atoms with Crippen LogP contribution >= 0.6 is 0 Å². The van der Waals surface area contributed by atoms with E-state index >= 15 is 0 Å². The van der Waals surface area contributed by atoms with E-state index in [4.69, 9.17) is 37.9 Å². The van der Waals surface area contributed by atoms with Crippen LogP contribution in [0.1, 0.15) is 44.5 Å². The summed E-state index contributed by atoms with van der Waals surface area (Å²) in [7, 11) is 1.47. The van der Waals surface area contributed by atoms with Crippen molar-refractivity contribution >= 4 is 23.9 Å². The van der Waals surface area contributed by atoms with Crippen LogP contribution in [0.3, 0.4) is 0 Å². The van der Waals surface area contributed by atoms with Crippen LogP contribution in [0.25, 0.3) is 0 Å². The van der Waals surface area contributed by atoms with Gasteiger partial charge in [-0.25, -0.2) is 4.79 Å². The molecule has 0 saturated carbocycles. The molecule has 0 aliphatic carbocycles. The highest BCUT2D eigenvalue weighted by atomic mass is 16.7. The van der Waals surface area contributed by atoms with Crippen LogP contribution in [0.5, 0.6) is 0 Å². The standard InChI is InChI=1S/C26H34O13/c1-13-21(39-25(30)17-9-7-6-8-10-17)18(32-5)11-20(34-13)33-12-19-22(35-14(2)27)23(36-15(3)28)24(26(31)38-19)37-16(4)29/h6-10,13,18-24,26,31H,11-12H2,1-5H3/t13-,18+,19+,20+,21-,22+,23-,24+,26-/m0/s1. The van der Waals surface area contributed by atoms with Gasteiger partial charge in [0.15, 0.2) is 37.0 Å². The predicted octanol–water partition coefficient (Wildman–Crippen LogP) is 0.891. The molecule has 0 amide bonds. The zero-order valence-corrected chi connectivity index (χ0v) is 22.3. The summed E-state index contributed by atoms with van der Waals surface area (Å²) in [5.74, 6) is -2.78. The molecular formula is C26H34O13. The lowest BCUT2D eigenvalue weighted by Gasteiger charge is -2.43. The molecule has 1 aromatic carbocycles. The first-order chi connectivity index (χ1) is 18.5. The molecule has 2 aliphatic heterocycles. The number of rotatable bonds is 9. The maximum absolute atomic E-state index is 12.6. The molecule has 0 unspecified atom stereocenters. The van der Waals surface area contributed by atoms with E-state index in [1.807, 2.05) is 0 Å². The SMILES string of the molecule is CO[C@@H]1C[C@H](OC[C@H]2O[C@H](O)[C@H](OC(C)=O)[C@@H](OC(C)=O)[C@@H]2OC(C)=O)O[C@@H](C)[C@@H]1OC(=O)c1ccccc1. The van der Waals surface area contributed by atoms with E-state index in [2.05, 4.69) is 0 Å². The molecule has 216 valence electrons. The molecule has 1 N–H and O–H groups in total. The molecule has 0 aromatic heterocycles. The summed E-state index contributed by atoms with van der Waals surface area (Å²) in [6, 6.07) is 8.51. The Bertz CT molecular complexity index is 999. The van der Waals surface area contributed by atoms with Crippen molar-refractivity contribution in [2.45, 2.75) is 89.4 Å². The smallest absolute Gasteiger partial charge is 0.338 e. The van der Waals surface area contributed by atoms with Gasteiger partial charge in [0.2, 0.25) is 0 Å². The lowest BCUT2D eigenvalue weighted by molar-refractivity contribution is -0.310. The Labute approximate surface area is 225 Å². The minimum Gasteiger partial charge on any atom is -0.456 e. The molecule has 2 fully saturated rings. The van der Waals surface area contributed by atoms with Crippen LogP contribution in [0.4, 0.5) is 0 Å². The Balaban J connectivity index is 1.69. The fraction of sp³-hybridized carbons (Fsp3) is 0.615. The summed E-state index contributed by atoms with van der Waals surface area (Å²) in [6.07, 6.45) is -9.53. The van der Waals surface area contributed by atoms with Crippen LogP contribution in [-0.2, 0) is 52.3 Å². The number of carbonyl (C=O) groups excluding carboxylic acids is 4. The number of esters is 4. The minimum absolute atomic E-state index is 0.171. The van der Waals surface area contributed by atoms with Crippen molar-refractivity contribution in [1.82, 2.24) is 0 Å². The van der Waals surface area contributed by atoms with Crippen molar-refractivity contribution in [3.63, 3.8) is 0 Å². The highest BCUT2D eigenvalue weighted by Gasteiger charge is 2.52. The van der Waals surface area contributed by atoms with Gasteiger partial charge in [-0.1, -0.05) is 18.2 Å². The second-order valence-corrected chi connectivity index (χ2v) is 9.14. The van der Waals surface area contributed by atoms with Crippen molar-refractivity contribution in [3.05, 3.63) is 35.9 Å². The number of benzene rings is 1. The highest BCUT2D eigenvalue weighted by molar-refractivity contribution is 5.89. The maximum Gasteiger partial charge on any atom is 0.338 e. The fourth-order valence-electron chi connectivity index (χ4n) is 4.48. The zero-order chi connectivity index (χ0) is 28.7. The van der Waals surface area contributed by atoms with Crippen molar-refractivity contribution in [1.29, 1.82) is 0 Å². The van der Waals surface area contributed by atoms with Crippen LogP contribution < -0.4 is 0 Å². The highest BCUT2D eigenvalue weighted by Crippen LogP contribution is 2.30. The van der Waals surface area contributed by atoms with Gasteiger partial charge in [-0.2, -0.15) is 0 Å². The van der Waals surface area contributed by atoms with E-state index in [0.29, 0.717) is 5.56 Å². The second kappa shape index (κ2) is 13.8. The molecule has 0 bridgehead atoms. The summed E-state index contributed by atoms with van der Waals surface area (Å²) in [5, 5.41) is 10.5. The number of hydrogen-bond acceptors (Lipinski definition) is 13. The molecule has 9 atom stereocenters. The average Bonchev–Trinajstić information content (AvgIpc) is 2.87. The topological polar surface area (TPSA) is 162 Å². The van der Waals surface area contributed by atoms with Gasteiger partial charge in [-0.3, -0.25) is 14.4 Å². The third-order valence-corrected chi connectivity index (χ3v) is 6.14. The van der Waals surface area contributed by atoms with Crippen molar-refractivity contribution in [2.75, 3.05) is 13.7 Å². The van der Waals surface area contributed by atoms with E-state index in [1.165, 1.54) is 7.11 Å². The average molecular weight is 555 g/mol. The summed E-state index contributed by atoms with van der Waals surface area (Å²) >= 11 is 0. The number of aliphatic hydroxyl groups is 1. The summed E-state index contributed by atoms with van der Waals surface area (Å²) < 4.78 is 44.2. The minimum atomic E-state index is -1.71. The van der Waals surface area contributed by atoms with Gasteiger partial charge < -0.3 is 43.0 Å². The molecule has 39 heavy (non-hydrogen) atoms. The van der Waals surface area contributed by atoms with Gasteiger partial charge in [0.1, 0.15) is 12.2 Å². The summed E-state index contributed by atoms with van der Waals surface area (Å²) in [6.45, 7) is 4.79. The normalized spacial score (nSPS) is 32.5. The molecule has 2 heterocycles. The monoisotopic (exact) mass is 554 g/mol. The Morgan fingerprint density at radius 1 is 0.846 bits per heavy atom. The van der Waals surface area contributed by atoms with E-state index < -0.39 is 79.2 Å². The summed E-state index contributed by atoms with van der Waals surface area (Å²) in [5.41, 5.74) is 0.386.